The number of benzene rings is 2. The van der Waals surface area contributed by atoms with Crippen LogP contribution in [0, 0.1) is 7.14 Å². The molecule has 0 atom stereocenters. The summed E-state index contributed by atoms with van der Waals surface area (Å²) in [6.45, 7) is 0. The number of para-hydroxylation sites is 1. The zero-order chi connectivity index (χ0) is 14.3. The molecule has 0 amide bonds. The van der Waals surface area contributed by atoms with E-state index in [9.17, 15) is 9.59 Å². The number of hydrogen-bond acceptors (Lipinski definition) is 4. The fraction of sp³-hybridized carbons (Fsp3) is 0. The van der Waals surface area contributed by atoms with Gasteiger partial charge in [-0.2, -0.15) is 0 Å². The third-order valence-corrected chi connectivity index (χ3v) is 4.21. The molecule has 0 aliphatic carbocycles. The Hall–Kier alpha value is -1.16. The standard InChI is InChI=1S/C14H6I2O4/c15-7-5-9(16)12-11(6-7)20-13(17)8-3-1-2-4-10(8)19-14(12)18/h1-6H. The van der Waals surface area contributed by atoms with Crippen molar-refractivity contribution in [2.24, 2.45) is 0 Å². The highest BCUT2D eigenvalue weighted by atomic mass is 127. The number of esters is 2. The number of ether oxygens (including phenoxy) is 2. The Morgan fingerprint density at radius 2 is 1.55 bits per heavy atom. The summed E-state index contributed by atoms with van der Waals surface area (Å²) in [5.41, 5.74) is 0.509. The van der Waals surface area contributed by atoms with Crippen LogP contribution in [-0.2, 0) is 0 Å². The predicted molar refractivity (Wildman–Crippen MR) is 88.2 cm³/mol. The Morgan fingerprint density at radius 3 is 2.35 bits per heavy atom. The fourth-order valence-electron chi connectivity index (χ4n) is 1.86. The molecule has 0 radical (unpaired) electrons. The number of rotatable bonds is 0. The van der Waals surface area contributed by atoms with E-state index in [1.165, 1.54) is 0 Å². The second kappa shape index (κ2) is 5.32. The lowest BCUT2D eigenvalue weighted by molar-refractivity contribution is 0.0667. The number of halogens is 2. The van der Waals surface area contributed by atoms with Gasteiger partial charge >= 0.3 is 11.9 Å². The fourth-order valence-corrected chi connectivity index (χ4v) is 3.87. The maximum atomic E-state index is 12.2. The largest absolute Gasteiger partial charge is 0.422 e. The molecule has 0 spiro atoms. The third-order valence-electron chi connectivity index (χ3n) is 2.74. The van der Waals surface area contributed by atoms with Crippen LogP contribution in [0.3, 0.4) is 0 Å². The topological polar surface area (TPSA) is 52.6 Å². The molecule has 2 aromatic carbocycles. The van der Waals surface area contributed by atoms with Gasteiger partial charge in [-0.3, -0.25) is 0 Å². The summed E-state index contributed by atoms with van der Waals surface area (Å²) in [7, 11) is 0. The van der Waals surface area contributed by atoms with Gasteiger partial charge in [-0.05, 0) is 69.4 Å². The van der Waals surface area contributed by atoms with E-state index in [-0.39, 0.29) is 22.6 Å². The number of fused-ring (bicyclic) bond motifs is 2. The van der Waals surface area contributed by atoms with E-state index in [1.54, 1.807) is 30.3 Å². The Bertz CT molecular complexity index is 740. The summed E-state index contributed by atoms with van der Waals surface area (Å²) in [5.74, 6) is -0.624. The highest BCUT2D eigenvalue weighted by Gasteiger charge is 2.27. The Morgan fingerprint density at radius 1 is 0.850 bits per heavy atom. The number of carbonyl (C=O) groups excluding carboxylic acids is 2. The summed E-state index contributed by atoms with van der Waals surface area (Å²) in [4.78, 5) is 24.4. The van der Waals surface area contributed by atoms with E-state index in [0.29, 0.717) is 3.57 Å². The van der Waals surface area contributed by atoms with E-state index in [0.717, 1.165) is 3.57 Å². The summed E-state index contributed by atoms with van der Waals surface area (Å²) < 4.78 is 12.2. The molecule has 0 bridgehead atoms. The average molecular weight is 492 g/mol. The highest BCUT2D eigenvalue weighted by Crippen LogP contribution is 2.32. The predicted octanol–water partition coefficient (Wildman–Crippen LogP) is 3.65. The molecule has 0 saturated heterocycles. The van der Waals surface area contributed by atoms with Crippen LogP contribution in [0.1, 0.15) is 20.7 Å². The van der Waals surface area contributed by atoms with Crippen molar-refractivity contribution >= 4 is 57.1 Å². The van der Waals surface area contributed by atoms with E-state index >= 15 is 0 Å². The molecule has 0 N–H and O–H groups in total. The van der Waals surface area contributed by atoms with Crippen molar-refractivity contribution in [2.75, 3.05) is 0 Å². The van der Waals surface area contributed by atoms with Crippen molar-refractivity contribution in [3.05, 3.63) is 54.7 Å². The quantitative estimate of drug-likeness (QED) is 0.321. The smallest absolute Gasteiger partial charge is 0.348 e. The second-order valence-electron chi connectivity index (χ2n) is 4.04. The summed E-state index contributed by atoms with van der Waals surface area (Å²) in [6.07, 6.45) is 0. The third kappa shape index (κ3) is 2.41. The van der Waals surface area contributed by atoms with Crippen molar-refractivity contribution < 1.29 is 19.1 Å². The van der Waals surface area contributed by atoms with Crippen molar-refractivity contribution in [1.29, 1.82) is 0 Å². The van der Waals surface area contributed by atoms with Crippen molar-refractivity contribution in [3.8, 4) is 11.5 Å². The van der Waals surface area contributed by atoms with E-state index in [1.807, 2.05) is 28.7 Å². The molecule has 100 valence electrons. The Kier molecular flexibility index (Phi) is 3.67. The van der Waals surface area contributed by atoms with E-state index in [2.05, 4.69) is 22.6 Å². The van der Waals surface area contributed by atoms with Crippen LogP contribution in [0.15, 0.2) is 36.4 Å². The molecule has 20 heavy (non-hydrogen) atoms. The van der Waals surface area contributed by atoms with Crippen molar-refractivity contribution in [2.45, 2.75) is 0 Å². The summed E-state index contributed by atoms with van der Waals surface area (Å²) in [5, 5.41) is 0. The first-order valence-electron chi connectivity index (χ1n) is 5.58. The molecule has 0 saturated carbocycles. The monoisotopic (exact) mass is 492 g/mol. The first-order valence-corrected chi connectivity index (χ1v) is 7.74. The minimum atomic E-state index is -0.535. The second-order valence-corrected chi connectivity index (χ2v) is 6.44. The van der Waals surface area contributed by atoms with Crippen molar-refractivity contribution in [3.63, 3.8) is 0 Å². The van der Waals surface area contributed by atoms with Crippen LogP contribution in [0.25, 0.3) is 0 Å². The maximum absolute atomic E-state index is 12.2. The normalized spacial score (nSPS) is 13.5. The van der Waals surface area contributed by atoms with Crippen LogP contribution in [0.4, 0.5) is 0 Å². The van der Waals surface area contributed by atoms with E-state index < -0.39 is 11.9 Å². The van der Waals surface area contributed by atoms with Crippen LogP contribution in [0.2, 0.25) is 0 Å². The van der Waals surface area contributed by atoms with Crippen LogP contribution < -0.4 is 9.47 Å². The SMILES string of the molecule is O=C1Oc2cc(I)cc(I)c2C(=O)Oc2ccccc21. The lowest BCUT2D eigenvalue weighted by Crippen LogP contribution is -2.21. The molecular formula is C14H6I2O4. The van der Waals surface area contributed by atoms with Crippen molar-refractivity contribution in [1.82, 2.24) is 0 Å². The molecule has 1 aliphatic heterocycles. The number of hydrogen-bond donors (Lipinski definition) is 0. The summed E-state index contributed by atoms with van der Waals surface area (Å²) >= 11 is 4.12. The maximum Gasteiger partial charge on any atom is 0.348 e. The van der Waals surface area contributed by atoms with Gasteiger partial charge in [0.1, 0.15) is 22.6 Å². The molecule has 0 aromatic heterocycles. The molecule has 0 fully saturated rings. The van der Waals surface area contributed by atoms with Crippen LogP contribution in [-0.4, -0.2) is 11.9 Å². The van der Waals surface area contributed by atoms with Gasteiger partial charge in [-0.15, -0.1) is 0 Å². The first kappa shape index (κ1) is 13.8. The molecule has 2 aromatic rings. The highest BCUT2D eigenvalue weighted by molar-refractivity contribution is 14.1. The van der Waals surface area contributed by atoms with Gasteiger partial charge in [0.15, 0.2) is 0 Å². The van der Waals surface area contributed by atoms with Crippen LogP contribution in [0.5, 0.6) is 11.5 Å². The zero-order valence-corrected chi connectivity index (χ0v) is 14.2. The lowest BCUT2D eigenvalue weighted by atomic mass is 10.1. The minimum Gasteiger partial charge on any atom is -0.422 e. The average Bonchev–Trinajstić information content (AvgIpc) is 2.36. The molecular weight excluding hydrogens is 486 g/mol. The Labute approximate surface area is 141 Å². The molecule has 4 nitrogen and oxygen atoms in total. The van der Waals surface area contributed by atoms with Crippen LogP contribution >= 0.6 is 45.2 Å². The van der Waals surface area contributed by atoms with Gasteiger partial charge in [-0.25, -0.2) is 9.59 Å². The van der Waals surface area contributed by atoms with Gasteiger partial charge in [0, 0.05) is 7.14 Å². The van der Waals surface area contributed by atoms with Gasteiger partial charge in [0.2, 0.25) is 0 Å². The molecule has 6 heteroatoms. The first-order chi connectivity index (χ1) is 9.56. The summed E-state index contributed by atoms with van der Waals surface area (Å²) in [6, 6.07) is 9.98. The van der Waals surface area contributed by atoms with Gasteiger partial charge in [0.05, 0.1) is 0 Å². The van der Waals surface area contributed by atoms with Gasteiger partial charge < -0.3 is 9.47 Å². The zero-order valence-electron chi connectivity index (χ0n) is 9.85. The molecule has 0 unspecified atom stereocenters. The molecule has 3 rings (SSSR count). The van der Waals surface area contributed by atoms with E-state index in [4.69, 9.17) is 9.47 Å². The van der Waals surface area contributed by atoms with Gasteiger partial charge in [0.25, 0.3) is 0 Å². The molecule has 1 heterocycles. The van der Waals surface area contributed by atoms with Gasteiger partial charge in [-0.1, -0.05) is 12.1 Å². The minimum absolute atomic E-state index is 0.211. The lowest BCUT2D eigenvalue weighted by Gasteiger charge is -2.17. The molecule has 1 aliphatic rings. The Balaban J connectivity index is 2.19. The number of carbonyl (C=O) groups is 2.